The molecule has 3 N–H and O–H groups in total. The van der Waals surface area contributed by atoms with Crippen LogP contribution in [0, 0.1) is 0 Å². The van der Waals surface area contributed by atoms with Crippen LogP contribution in [0.1, 0.15) is 33.8 Å². The Kier molecular flexibility index (Phi) is 7.84. The van der Waals surface area contributed by atoms with Crippen molar-refractivity contribution in [2.75, 3.05) is 16.8 Å². The van der Waals surface area contributed by atoms with E-state index in [1.165, 1.54) is 0 Å². The molecule has 43 heavy (non-hydrogen) atoms. The average molecular weight is 590 g/mol. The zero-order valence-electron chi connectivity index (χ0n) is 22.8. The topological polar surface area (TPSA) is 109 Å². The van der Waals surface area contributed by atoms with Crippen molar-refractivity contribution in [1.29, 1.82) is 0 Å². The Labute approximate surface area is 253 Å². The number of carbonyl (C=O) groups excluding carboxylic acids is 1. The number of aromatic nitrogens is 2. The monoisotopic (exact) mass is 589 g/mol. The lowest BCUT2D eigenvalue weighted by molar-refractivity contribution is -0.118. The number of carboxylic acid groups (broad SMARTS) is 1. The highest BCUT2D eigenvalue weighted by atomic mass is 32.1. The molecule has 0 radical (unpaired) electrons. The Morgan fingerprint density at radius 1 is 0.907 bits per heavy atom. The summed E-state index contributed by atoms with van der Waals surface area (Å²) in [7, 11) is 0. The SMILES string of the molecule is O=C(COc1ccccc1)Nc1ccc(N2C(=S)N[C@H](c3ccccn3)[C@@H]2c2cccn2-c2cccc(C(=O)O)c2)cc1. The number of ether oxygens (including phenoxy) is 1. The normalized spacial score (nSPS) is 16.0. The highest BCUT2D eigenvalue weighted by Crippen LogP contribution is 2.42. The lowest BCUT2D eigenvalue weighted by Crippen LogP contribution is -2.30. The summed E-state index contributed by atoms with van der Waals surface area (Å²) in [4.78, 5) is 30.8. The lowest BCUT2D eigenvalue weighted by atomic mass is 10.0. The highest BCUT2D eigenvalue weighted by molar-refractivity contribution is 7.80. The van der Waals surface area contributed by atoms with Gasteiger partial charge in [-0.3, -0.25) is 9.78 Å². The maximum atomic E-state index is 12.5. The van der Waals surface area contributed by atoms with Gasteiger partial charge < -0.3 is 29.9 Å². The van der Waals surface area contributed by atoms with Gasteiger partial charge in [-0.15, -0.1) is 0 Å². The summed E-state index contributed by atoms with van der Waals surface area (Å²) in [5, 5.41) is 16.4. The molecular formula is C33H27N5O4S. The fourth-order valence-corrected chi connectivity index (χ4v) is 5.51. The predicted octanol–water partition coefficient (Wildman–Crippen LogP) is 5.77. The molecule has 0 aliphatic carbocycles. The smallest absolute Gasteiger partial charge is 0.335 e. The van der Waals surface area contributed by atoms with Gasteiger partial charge in [0.1, 0.15) is 11.8 Å². The summed E-state index contributed by atoms with van der Waals surface area (Å²) < 4.78 is 7.52. The zero-order chi connectivity index (χ0) is 29.8. The van der Waals surface area contributed by atoms with E-state index < -0.39 is 5.97 Å². The lowest BCUT2D eigenvalue weighted by Gasteiger charge is -2.29. The number of rotatable bonds is 9. The number of thiocarbonyl (C=S) groups is 1. The van der Waals surface area contributed by atoms with Crippen molar-refractivity contribution in [3.05, 3.63) is 139 Å². The predicted molar refractivity (Wildman–Crippen MR) is 168 cm³/mol. The third kappa shape index (κ3) is 5.95. The molecule has 2 atom stereocenters. The number of amides is 1. The number of carbonyl (C=O) groups is 2. The van der Waals surface area contributed by atoms with Gasteiger partial charge in [-0.25, -0.2) is 4.79 Å². The molecule has 9 nitrogen and oxygen atoms in total. The zero-order valence-corrected chi connectivity index (χ0v) is 23.6. The van der Waals surface area contributed by atoms with Crippen LogP contribution in [0.25, 0.3) is 5.69 Å². The molecule has 3 heterocycles. The number of nitrogens with zero attached hydrogens (tertiary/aromatic N) is 3. The number of carboxylic acids is 1. The third-order valence-electron chi connectivity index (χ3n) is 7.10. The Bertz CT molecular complexity index is 1760. The van der Waals surface area contributed by atoms with E-state index in [0.29, 0.717) is 22.2 Å². The van der Waals surface area contributed by atoms with Crippen LogP contribution in [-0.4, -0.2) is 38.3 Å². The van der Waals surface area contributed by atoms with Gasteiger partial charge in [0.05, 0.1) is 17.3 Å². The quantitative estimate of drug-likeness (QED) is 0.186. The van der Waals surface area contributed by atoms with Crippen LogP contribution in [0.5, 0.6) is 5.75 Å². The third-order valence-corrected chi connectivity index (χ3v) is 7.41. The number of benzene rings is 3. The number of nitrogens with one attached hydrogen (secondary N) is 2. The second-order valence-corrected chi connectivity index (χ2v) is 10.2. The Morgan fingerprint density at radius 3 is 2.44 bits per heavy atom. The molecule has 2 aromatic heterocycles. The first-order chi connectivity index (χ1) is 21.0. The van der Waals surface area contributed by atoms with Crippen LogP contribution < -0.4 is 20.3 Å². The summed E-state index contributed by atoms with van der Waals surface area (Å²) in [5.41, 5.74) is 4.05. The molecule has 1 aliphatic rings. The van der Waals surface area contributed by atoms with E-state index in [1.807, 2.05) is 94.5 Å². The van der Waals surface area contributed by atoms with Gasteiger partial charge in [-0.2, -0.15) is 0 Å². The first-order valence-corrected chi connectivity index (χ1v) is 14.0. The van der Waals surface area contributed by atoms with E-state index >= 15 is 0 Å². The second-order valence-electron chi connectivity index (χ2n) is 9.85. The molecular weight excluding hydrogens is 562 g/mol. The molecule has 1 aliphatic heterocycles. The summed E-state index contributed by atoms with van der Waals surface area (Å²) in [6, 6.07) is 32.5. The van der Waals surface area contributed by atoms with Crippen LogP contribution in [0.3, 0.4) is 0 Å². The molecule has 0 bridgehead atoms. The van der Waals surface area contributed by atoms with E-state index in [-0.39, 0.29) is 30.2 Å². The minimum absolute atomic E-state index is 0.111. The number of pyridine rings is 1. The standard InChI is InChI=1S/C33H27N5O4S/c39-29(21-42-26-10-2-1-3-11-26)35-23-14-16-24(17-15-23)38-31(30(36-33(38)43)27-12-4-5-18-34-27)28-13-7-19-37(28)25-9-6-8-22(20-25)32(40)41/h1-20,30-31H,21H2,(H,35,39)(H,36,43)(H,40,41)/t30-,31+/m1/s1. The van der Waals surface area contributed by atoms with Crippen LogP contribution >= 0.6 is 12.2 Å². The summed E-state index contributed by atoms with van der Waals surface area (Å²) >= 11 is 5.86. The molecule has 1 amide bonds. The van der Waals surface area contributed by atoms with E-state index in [0.717, 1.165) is 17.1 Å². The minimum Gasteiger partial charge on any atom is -0.484 e. The molecule has 1 saturated heterocycles. The number of hydrogen-bond donors (Lipinski definition) is 3. The van der Waals surface area contributed by atoms with Gasteiger partial charge >= 0.3 is 5.97 Å². The largest absolute Gasteiger partial charge is 0.484 e. The van der Waals surface area contributed by atoms with Gasteiger partial charge in [0.15, 0.2) is 11.7 Å². The highest BCUT2D eigenvalue weighted by Gasteiger charge is 2.42. The molecule has 0 spiro atoms. The Balaban J connectivity index is 1.30. The minimum atomic E-state index is -0.994. The Hall–Kier alpha value is -5.48. The van der Waals surface area contributed by atoms with Crippen LogP contribution in [0.4, 0.5) is 11.4 Å². The van der Waals surface area contributed by atoms with Crippen molar-refractivity contribution in [2.24, 2.45) is 0 Å². The van der Waals surface area contributed by atoms with Crippen LogP contribution in [0.2, 0.25) is 0 Å². The molecule has 0 saturated carbocycles. The van der Waals surface area contributed by atoms with E-state index in [4.69, 9.17) is 17.0 Å². The summed E-state index contributed by atoms with van der Waals surface area (Å²) in [5.74, 6) is -0.647. The van der Waals surface area contributed by atoms with Crippen molar-refractivity contribution < 1.29 is 19.4 Å². The van der Waals surface area contributed by atoms with Crippen molar-refractivity contribution >= 4 is 40.6 Å². The molecule has 10 heteroatoms. The van der Waals surface area contributed by atoms with Gasteiger partial charge in [-0.05, 0) is 91.1 Å². The van der Waals surface area contributed by atoms with Crippen molar-refractivity contribution in [3.63, 3.8) is 0 Å². The maximum Gasteiger partial charge on any atom is 0.335 e. The second kappa shape index (κ2) is 12.2. The van der Waals surface area contributed by atoms with Gasteiger partial charge in [0, 0.05) is 35.1 Å². The average Bonchev–Trinajstić information content (AvgIpc) is 3.66. The Morgan fingerprint density at radius 2 is 1.70 bits per heavy atom. The number of anilines is 2. The summed E-state index contributed by atoms with van der Waals surface area (Å²) in [6.45, 7) is -0.111. The fraction of sp³-hybridized carbons (Fsp3) is 0.0909. The van der Waals surface area contributed by atoms with Crippen LogP contribution in [-0.2, 0) is 4.79 Å². The molecule has 0 unspecified atom stereocenters. The van der Waals surface area contributed by atoms with E-state index in [9.17, 15) is 14.7 Å². The maximum absolute atomic E-state index is 12.5. The van der Waals surface area contributed by atoms with Crippen molar-refractivity contribution in [3.8, 4) is 11.4 Å². The first-order valence-electron chi connectivity index (χ1n) is 13.6. The molecule has 6 rings (SSSR count). The van der Waals surface area contributed by atoms with E-state index in [2.05, 4.69) is 15.6 Å². The molecule has 5 aromatic rings. The fourth-order valence-electron chi connectivity index (χ4n) is 5.16. The van der Waals surface area contributed by atoms with Gasteiger partial charge in [0.25, 0.3) is 5.91 Å². The van der Waals surface area contributed by atoms with Crippen molar-refractivity contribution in [1.82, 2.24) is 14.9 Å². The summed E-state index contributed by atoms with van der Waals surface area (Å²) in [6.07, 6.45) is 3.65. The number of hydrogen-bond acceptors (Lipinski definition) is 5. The number of aromatic carboxylic acids is 1. The van der Waals surface area contributed by atoms with Crippen LogP contribution in [0.15, 0.2) is 122 Å². The first kappa shape index (κ1) is 27.7. The van der Waals surface area contributed by atoms with Crippen molar-refractivity contribution in [2.45, 2.75) is 12.1 Å². The van der Waals surface area contributed by atoms with Gasteiger partial charge in [-0.1, -0.05) is 30.3 Å². The number of para-hydroxylation sites is 1. The molecule has 1 fully saturated rings. The van der Waals surface area contributed by atoms with Gasteiger partial charge in [0.2, 0.25) is 0 Å². The molecule has 214 valence electrons. The molecule has 3 aromatic carbocycles. The van der Waals surface area contributed by atoms with E-state index in [1.54, 1.807) is 36.5 Å².